The van der Waals surface area contributed by atoms with Crippen LogP contribution in [0.25, 0.3) is 11.0 Å². The highest BCUT2D eigenvalue weighted by Gasteiger charge is 2.26. The number of rotatable bonds is 2. The van der Waals surface area contributed by atoms with Crippen molar-refractivity contribution < 1.29 is 9.59 Å². The lowest BCUT2D eigenvalue weighted by Gasteiger charge is -2.30. The van der Waals surface area contributed by atoms with Gasteiger partial charge in [-0.1, -0.05) is 6.07 Å². The Labute approximate surface area is 154 Å². The third-order valence-corrected chi connectivity index (χ3v) is 4.73. The Bertz CT molecular complexity index is 1100. The number of aromatic amines is 2. The first-order valence-electron chi connectivity index (χ1n) is 8.71. The van der Waals surface area contributed by atoms with Crippen LogP contribution >= 0.6 is 0 Å². The zero-order chi connectivity index (χ0) is 19.0. The maximum absolute atomic E-state index is 12.9. The molecule has 1 aliphatic rings. The van der Waals surface area contributed by atoms with E-state index in [1.54, 1.807) is 42.3 Å². The largest absolute Gasteiger partial charge is 0.355 e. The Morgan fingerprint density at radius 2 is 1.93 bits per heavy atom. The average molecular weight is 365 g/mol. The number of benzene rings is 2. The van der Waals surface area contributed by atoms with E-state index in [2.05, 4.69) is 20.6 Å². The molecule has 3 amide bonds. The summed E-state index contributed by atoms with van der Waals surface area (Å²) in [6.45, 7) is 0.569. The Hall–Kier alpha value is -3.55. The molecule has 2 heterocycles. The number of carbonyl (C=O) groups is 2. The third kappa shape index (κ3) is 3.05. The molecule has 0 atom stereocenters. The van der Waals surface area contributed by atoms with E-state index in [0.717, 1.165) is 24.1 Å². The number of H-pyrrole nitrogens is 2. The zero-order valence-corrected chi connectivity index (χ0v) is 14.8. The van der Waals surface area contributed by atoms with Crippen LogP contribution in [0.5, 0.6) is 0 Å². The van der Waals surface area contributed by atoms with Crippen molar-refractivity contribution in [3.05, 3.63) is 58.0 Å². The van der Waals surface area contributed by atoms with E-state index in [1.807, 2.05) is 6.07 Å². The number of amides is 3. The molecule has 0 saturated heterocycles. The first-order valence-corrected chi connectivity index (χ1v) is 8.71. The van der Waals surface area contributed by atoms with Crippen LogP contribution < -0.4 is 21.2 Å². The summed E-state index contributed by atoms with van der Waals surface area (Å²) in [7, 11) is 1.59. The molecule has 8 heteroatoms. The van der Waals surface area contributed by atoms with Crippen molar-refractivity contribution >= 4 is 34.3 Å². The predicted octanol–water partition coefficient (Wildman–Crippen LogP) is 2.20. The van der Waals surface area contributed by atoms with E-state index in [4.69, 9.17) is 0 Å². The van der Waals surface area contributed by atoms with Gasteiger partial charge in [-0.25, -0.2) is 9.59 Å². The summed E-state index contributed by atoms with van der Waals surface area (Å²) in [5.41, 5.74) is 3.81. The van der Waals surface area contributed by atoms with Gasteiger partial charge in [0.15, 0.2) is 0 Å². The monoisotopic (exact) mass is 365 g/mol. The number of aromatic nitrogens is 2. The van der Waals surface area contributed by atoms with Gasteiger partial charge in [-0.05, 0) is 48.7 Å². The topological polar surface area (TPSA) is 110 Å². The molecule has 0 bridgehead atoms. The minimum Gasteiger partial charge on any atom is -0.355 e. The van der Waals surface area contributed by atoms with E-state index in [9.17, 15) is 14.4 Å². The fourth-order valence-corrected chi connectivity index (χ4v) is 3.48. The van der Waals surface area contributed by atoms with Gasteiger partial charge in [-0.15, -0.1) is 0 Å². The molecule has 27 heavy (non-hydrogen) atoms. The summed E-state index contributed by atoms with van der Waals surface area (Å²) < 4.78 is 0. The molecule has 138 valence electrons. The summed E-state index contributed by atoms with van der Waals surface area (Å²) in [6.07, 6.45) is 1.53. The molecule has 4 N–H and O–H groups in total. The highest BCUT2D eigenvalue weighted by molar-refractivity contribution is 6.05. The van der Waals surface area contributed by atoms with Crippen LogP contribution in [0.2, 0.25) is 0 Å². The van der Waals surface area contributed by atoms with Crippen molar-refractivity contribution in [2.45, 2.75) is 12.8 Å². The predicted molar refractivity (Wildman–Crippen MR) is 103 cm³/mol. The molecule has 0 saturated carbocycles. The molecule has 8 nitrogen and oxygen atoms in total. The highest BCUT2D eigenvalue weighted by Crippen LogP contribution is 2.30. The van der Waals surface area contributed by atoms with Crippen molar-refractivity contribution in [1.29, 1.82) is 0 Å². The lowest BCUT2D eigenvalue weighted by atomic mass is 9.96. The summed E-state index contributed by atoms with van der Waals surface area (Å²) in [6, 6.07) is 10.3. The van der Waals surface area contributed by atoms with Gasteiger partial charge in [0, 0.05) is 30.5 Å². The summed E-state index contributed by atoms with van der Waals surface area (Å²) in [5, 5.41) is 5.51. The van der Waals surface area contributed by atoms with Gasteiger partial charge < -0.3 is 20.6 Å². The number of nitrogens with one attached hydrogen (secondary N) is 4. The fourth-order valence-electron chi connectivity index (χ4n) is 3.48. The molecule has 0 spiro atoms. The molecule has 4 rings (SSSR count). The fraction of sp³-hybridized carbons (Fsp3) is 0.211. The van der Waals surface area contributed by atoms with Gasteiger partial charge in [0.1, 0.15) is 0 Å². The molecule has 1 aromatic heterocycles. The quantitative estimate of drug-likeness (QED) is 0.559. The lowest BCUT2D eigenvalue weighted by Crippen LogP contribution is -2.39. The first-order chi connectivity index (χ1) is 13.1. The van der Waals surface area contributed by atoms with Crippen LogP contribution in [0, 0.1) is 0 Å². The lowest BCUT2D eigenvalue weighted by molar-refractivity contribution is 0.0962. The van der Waals surface area contributed by atoms with Gasteiger partial charge in [-0.2, -0.15) is 0 Å². The Kier molecular flexibility index (Phi) is 4.15. The number of urea groups is 1. The molecule has 0 aliphatic carbocycles. The second kappa shape index (κ2) is 6.64. The second-order valence-electron chi connectivity index (χ2n) is 6.41. The third-order valence-electron chi connectivity index (χ3n) is 4.73. The second-order valence-corrected chi connectivity index (χ2v) is 6.41. The van der Waals surface area contributed by atoms with Crippen LogP contribution in [-0.2, 0) is 6.42 Å². The number of anilines is 2. The van der Waals surface area contributed by atoms with Crippen molar-refractivity contribution in [2.75, 3.05) is 23.8 Å². The number of imidazole rings is 1. The zero-order valence-electron chi connectivity index (χ0n) is 14.8. The number of hydrogen-bond acceptors (Lipinski definition) is 3. The van der Waals surface area contributed by atoms with Gasteiger partial charge in [0.05, 0.1) is 11.0 Å². The molecule has 0 unspecified atom stereocenters. The minimum absolute atomic E-state index is 0.157. The van der Waals surface area contributed by atoms with E-state index < -0.39 is 0 Å². The molecule has 0 fully saturated rings. The van der Waals surface area contributed by atoms with Crippen LogP contribution in [0.3, 0.4) is 0 Å². The standard InChI is InChI=1S/C19H19N5O3/c1-20-17(25)13-4-2-6-16-12(13)5-3-9-24(16)19(27)21-11-7-8-14-15(10-11)23-18(26)22-14/h2,4,6-8,10H,3,5,9H2,1H3,(H,20,25)(H,21,27)(H2,22,23,26). The van der Waals surface area contributed by atoms with Crippen LogP contribution in [0.4, 0.5) is 16.2 Å². The molecular weight excluding hydrogens is 346 g/mol. The van der Waals surface area contributed by atoms with E-state index in [0.29, 0.717) is 28.8 Å². The number of hydrogen-bond donors (Lipinski definition) is 4. The van der Waals surface area contributed by atoms with Gasteiger partial charge in [-0.3, -0.25) is 9.69 Å². The number of fused-ring (bicyclic) bond motifs is 2. The van der Waals surface area contributed by atoms with Crippen molar-refractivity contribution in [3.63, 3.8) is 0 Å². The normalized spacial score (nSPS) is 13.3. The molecule has 3 aromatic rings. The maximum Gasteiger partial charge on any atom is 0.326 e. The molecule has 1 aliphatic heterocycles. The Morgan fingerprint density at radius 3 is 2.74 bits per heavy atom. The van der Waals surface area contributed by atoms with Crippen LogP contribution in [0.1, 0.15) is 22.3 Å². The van der Waals surface area contributed by atoms with E-state index in [-0.39, 0.29) is 17.6 Å². The highest BCUT2D eigenvalue weighted by atomic mass is 16.2. The van der Waals surface area contributed by atoms with Gasteiger partial charge in [0.25, 0.3) is 5.91 Å². The maximum atomic E-state index is 12.9. The summed E-state index contributed by atoms with van der Waals surface area (Å²) in [4.78, 5) is 43.3. The Balaban J connectivity index is 1.63. The van der Waals surface area contributed by atoms with Crippen molar-refractivity contribution in [2.24, 2.45) is 0 Å². The number of nitrogens with zero attached hydrogens (tertiary/aromatic N) is 1. The van der Waals surface area contributed by atoms with Crippen molar-refractivity contribution in [3.8, 4) is 0 Å². The SMILES string of the molecule is CNC(=O)c1cccc2c1CCCN2C(=O)Nc1ccc2[nH]c(=O)[nH]c2c1. The smallest absolute Gasteiger partial charge is 0.326 e. The van der Waals surface area contributed by atoms with Crippen LogP contribution in [0.15, 0.2) is 41.2 Å². The minimum atomic E-state index is -0.292. The van der Waals surface area contributed by atoms with E-state index in [1.165, 1.54) is 0 Å². The number of carbonyl (C=O) groups excluding carboxylic acids is 2. The van der Waals surface area contributed by atoms with Gasteiger partial charge >= 0.3 is 11.7 Å². The molecule has 2 aromatic carbocycles. The molecular formula is C19H19N5O3. The van der Waals surface area contributed by atoms with Gasteiger partial charge in [0.2, 0.25) is 0 Å². The summed E-state index contributed by atoms with van der Waals surface area (Å²) >= 11 is 0. The van der Waals surface area contributed by atoms with Crippen molar-refractivity contribution in [1.82, 2.24) is 15.3 Å². The average Bonchev–Trinajstić information content (AvgIpc) is 3.05. The first kappa shape index (κ1) is 16.9. The summed E-state index contributed by atoms with van der Waals surface area (Å²) in [5.74, 6) is -0.157. The molecule has 0 radical (unpaired) electrons. The van der Waals surface area contributed by atoms with Crippen LogP contribution in [-0.4, -0.2) is 35.5 Å². The van der Waals surface area contributed by atoms with E-state index >= 15 is 0 Å². The Morgan fingerprint density at radius 1 is 1.11 bits per heavy atom.